The fourth-order valence-electron chi connectivity index (χ4n) is 0.930. The van der Waals surface area contributed by atoms with Crippen LogP contribution in [-0.2, 0) is 0 Å². The number of aromatic nitrogens is 1. The number of nitrogens with zero attached hydrogens (tertiary/aromatic N) is 1. The summed E-state index contributed by atoms with van der Waals surface area (Å²) in [5.74, 6) is 0.516. The van der Waals surface area contributed by atoms with Gasteiger partial charge in [0.1, 0.15) is 0 Å². The summed E-state index contributed by atoms with van der Waals surface area (Å²) >= 11 is 2.20. The summed E-state index contributed by atoms with van der Waals surface area (Å²) in [5, 5.41) is 0. The third-order valence-corrected chi connectivity index (χ3v) is 2.02. The lowest BCUT2D eigenvalue weighted by Crippen LogP contribution is -1.91. The van der Waals surface area contributed by atoms with Crippen molar-refractivity contribution in [2.24, 2.45) is 0 Å². The average Bonchev–Trinajstić information content (AvgIpc) is 2.06. The second kappa shape index (κ2) is 4.60. The highest BCUT2D eigenvalue weighted by atomic mass is 127. The minimum Gasteiger partial charge on any atom is -0.260 e. The van der Waals surface area contributed by atoms with Gasteiger partial charge in [0.2, 0.25) is 0 Å². The second-order valence-electron chi connectivity index (χ2n) is 2.96. The predicted molar refractivity (Wildman–Crippen MR) is 61.4 cm³/mol. The van der Waals surface area contributed by atoms with Crippen molar-refractivity contribution in [3.05, 3.63) is 33.7 Å². The highest BCUT2D eigenvalue weighted by molar-refractivity contribution is 14.1. The van der Waals surface area contributed by atoms with E-state index in [2.05, 4.69) is 53.6 Å². The molecular weight excluding hydrogens is 261 g/mol. The standard InChI is InChI=1S/C10H12IN/c1-8(2)10-4-3-9(5-6-11)7-12-10/h3-8H,1-2H3/b6-5+. The van der Waals surface area contributed by atoms with Crippen molar-refractivity contribution >= 4 is 28.7 Å². The molecule has 0 aliphatic rings. The molecule has 0 saturated carbocycles. The molecule has 0 spiro atoms. The van der Waals surface area contributed by atoms with Crippen LogP contribution in [-0.4, -0.2) is 4.98 Å². The summed E-state index contributed by atoms with van der Waals surface area (Å²) in [6, 6.07) is 4.17. The van der Waals surface area contributed by atoms with Gasteiger partial charge in [-0.3, -0.25) is 4.98 Å². The smallest absolute Gasteiger partial charge is 0.0429 e. The van der Waals surface area contributed by atoms with Gasteiger partial charge in [-0.1, -0.05) is 42.5 Å². The summed E-state index contributed by atoms with van der Waals surface area (Å²) in [5.41, 5.74) is 2.31. The maximum absolute atomic E-state index is 4.34. The van der Waals surface area contributed by atoms with Crippen molar-refractivity contribution in [3.8, 4) is 0 Å². The molecule has 0 N–H and O–H groups in total. The number of pyridine rings is 1. The molecule has 0 aliphatic carbocycles. The fourth-order valence-corrected chi connectivity index (χ4v) is 1.34. The lowest BCUT2D eigenvalue weighted by Gasteiger charge is -2.02. The molecule has 0 aliphatic heterocycles. The molecule has 0 amide bonds. The van der Waals surface area contributed by atoms with E-state index in [4.69, 9.17) is 0 Å². The van der Waals surface area contributed by atoms with E-state index in [1.165, 1.54) is 0 Å². The SMILES string of the molecule is CC(C)c1ccc(/C=C/I)cn1. The molecule has 12 heavy (non-hydrogen) atoms. The van der Waals surface area contributed by atoms with E-state index >= 15 is 0 Å². The number of halogens is 1. The predicted octanol–water partition coefficient (Wildman–Crippen LogP) is 3.61. The largest absolute Gasteiger partial charge is 0.260 e. The van der Waals surface area contributed by atoms with Crippen molar-refractivity contribution in [2.45, 2.75) is 19.8 Å². The first-order chi connectivity index (χ1) is 5.74. The van der Waals surface area contributed by atoms with E-state index in [1.807, 2.05) is 16.4 Å². The van der Waals surface area contributed by atoms with Crippen LogP contribution in [0.15, 0.2) is 22.4 Å². The summed E-state index contributed by atoms with van der Waals surface area (Å²) < 4.78 is 1.99. The Hall–Kier alpha value is -0.380. The summed E-state index contributed by atoms with van der Waals surface area (Å²) in [6.45, 7) is 4.30. The first kappa shape index (κ1) is 9.71. The van der Waals surface area contributed by atoms with E-state index < -0.39 is 0 Å². The van der Waals surface area contributed by atoms with Crippen LogP contribution in [0.2, 0.25) is 0 Å². The van der Waals surface area contributed by atoms with Crippen molar-refractivity contribution in [1.29, 1.82) is 0 Å². The van der Waals surface area contributed by atoms with Gasteiger partial charge in [-0.2, -0.15) is 0 Å². The fraction of sp³-hybridized carbons (Fsp3) is 0.300. The lowest BCUT2D eigenvalue weighted by molar-refractivity contribution is 0.822. The first-order valence-corrected chi connectivity index (χ1v) is 5.21. The lowest BCUT2D eigenvalue weighted by atomic mass is 10.1. The zero-order valence-corrected chi connectivity index (χ0v) is 9.45. The number of hydrogen-bond acceptors (Lipinski definition) is 1. The minimum absolute atomic E-state index is 0.516. The Balaban J connectivity index is 2.85. The number of rotatable bonds is 2. The first-order valence-electron chi connectivity index (χ1n) is 3.96. The quantitative estimate of drug-likeness (QED) is 0.750. The summed E-state index contributed by atoms with van der Waals surface area (Å²) in [7, 11) is 0. The maximum atomic E-state index is 4.34. The van der Waals surface area contributed by atoms with Crippen LogP contribution in [0.4, 0.5) is 0 Å². The van der Waals surface area contributed by atoms with Gasteiger partial charge in [-0.25, -0.2) is 0 Å². The topological polar surface area (TPSA) is 12.9 Å². The van der Waals surface area contributed by atoms with Gasteiger partial charge in [0.25, 0.3) is 0 Å². The monoisotopic (exact) mass is 273 g/mol. The van der Waals surface area contributed by atoms with Gasteiger partial charge in [0.05, 0.1) is 0 Å². The molecular formula is C10H12IN. The molecule has 0 fully saturated rings. The van der Waals surface area contributed by atoms with Crippen molar-refractivity contribution in [2.75, 3.05) is 0 Å². The molecule has 0 radical (unpaired) electrons. The van der Waals surface area contributed by atoms with E-state index in [0.717, 1.165) is 11.3 Å². The molecule has 1 aromatic heterocycles. The Labute approximate surface area is 87.0 Å². The Kier molecular flexibility index (Phi) is 3.72. The van der Waals surface area contributed by atoms with Crippen LogP contribution in [0.1, 0.15) is 31.0 Å². The van der Waals surface area contributed by atoms with Gasteiger partial charge in [-0.15, -0.1) is 0 Å². The third kappa shape index (κ3) is 2.59. The van der Waals surface area contributed by atoms with Crippen molar-refractivity contribution < 1.29 is 0 Å². The maximum Gasteiger partial charge on any atom is 0.0429 e. The molecule has 1 heterocycles. The zero-order valence-electron chi connectivity index (χ0n) is 7.29. The van der Waals surface area contributed by atoms with Gasteiger partial charge < -0.3 is 0 Å². The average molecular weight is 273 g/mol. The zero-order chi connectivity index (χ0) is 8.97. The Morgan fingerprint density at radius 2 is 2.17 bits per heavy atom. The van der Waals surface area contributed by atoms with E-state index in [-0.39, 0.29) is 0 Å². The van der Waals surface area contributed by atoms with Crippen LogP contribution in [0.3, 0.4) is 0 Å². The molecule has 0 aromatic carbocycles. The third-order valence-electron chi connectivity index (χ3n) is 1.66. The van der Waals surface area contributed by atoms with Crippen LogP contribution < -0.4 is 0 Å². The molecule has 64 valence electrons. The molecule has 0 bridgehead atoms. The van der Waals surface area contributed by atoms with Gasteiger partial charge in [0.15, 0.2) is 0 Å². The van der Waals surface area contributed by atoms with Crippen LogP contribution in [0, 0.1) is 0 Å². The summed E-state index contributed by atoms with van der Waals surface area (Å²) in [4.78, 5) is 4.34. The van der Waals surface area contributed by atoms with Crippen molar-refractivity contribution in [3.63, 3.8) is 0 Å². The molecule has 0 saturated heterocycles. The van der Waals surface area contributed by atoms with Gasteiger partial charge in [-0.05, 0) is 27.7 Å². The van der Waals surface area contributed by atoms with E-state index in [1.54, 1.807) is 0 Å². The molecule has 1 rings (SSSR count). The minimum atomic E-state index is 0.516. The normalized spacial score (nSPS) is 11.3. The molecule has 1 aromatic rings. The molecule has 0 unspecified atom stereocenters. The van der Waals surface area contributed by atoms with Gasteiger partial charge >= 0.3 is 0 Å². The van der Waals surface area contributed by atoms with Crippen LogP contribution in [0.5, 0.6) is 0 Å². The van der Waals surface area contributed by atoms with Crippen molar-refractivity contribution in [1.82, 2.24) is 4.98 Å². The number of hydrogen-bond donors (Lipinski definition) is 0. The van der Waals surface area contributed by atoms with Crippen LogP contribution >= 0.6 is 22.6 Å². The Morgan fingerprint density at radius 3 is 2.58 bits per heavy atom. The highest BCUT2D eigenvalue weighted by Gasteiger charge is 1.98. The molecule has 1 nitrogen and oxygen atoms in total. The van der Waals surface area contributed by atoms with Crippen LogP contribution in [0.25, 0.3) is 6.08 Å². The van der Waals surface area contributed by atoms with E-state index in [0.29, 0.717) is 5.92 Å². The Morgan fingerprint density at radius 1 is 1.42 bits per heavy atom. The molecule has 0 atom stereocenters. The highest BCUT2D eigenvalue weighted by Crippen LogP contribution is 2.12. The second-order valence-corrected chi connectivity index (χ2v) is 3.68. The van der Waals surface area contributed by atoms with E-state index in [9.17, 15) is 0 Å². The summed E-state index contributed by atoms with van der Waals surface area (Å²) in [6.07, 6.45) is 3.95. The Bertz CT molecular complexity index is 262. The molecule has 2 heteroatoms. The van der Waals surface area contributed by atoms with Gasteiger partial charge in [0, 0.05) is 11.9 Å².